The van der Waals surface area contributed by atoms with E-state index >= 15 is 0 Å². The van der Waals surface area contributed by atoms with Crippen LogP contribution in [0.4, 0.5) is 13.2 Å². The van der Waals surface area contributed by atoms with Gasteiger partial charge in [-0.05, 0) is 19.3 Å². The molecule has 5 nitrogen and oxygen atoms in total. The van der Waals surface area contributed by atoms with Crippen LogP contribution in [-0.2, 0) is 24.3 Å². The third kappa shape index (κ3) is 3.10. The summed E-state index contributed by atoms with van der Waals surface area (Å²) >= 11 is 0. The standard InChI is InChI=1S/C14H19F3N4O/c15-14(16,17)10-5-6-21-11(7-10)19-20-12(21)8-18-13(22)9-3-1-2-4-9/h9-10H,1-8H2,(H,18,22). The van der Waals surface area contributed by atoms with Gasteiger partial charge in [-0.2, -0.15) is 13.2 Å². The van der Waals surface area contributed by atoms with E-state index < -0.39 is 12.1 Å². The summed E-state index contributed by atoms with van der Waals surface area (Å²) in [5, 5.41) is 10.6. The lowest BCUT2D eigenvalue weighted by Crippen LogP contribution is -2.33. The van der Waals surface area contributed by atoms with Crippen LogP contribution >= 0.6 is 0 Å². The molecule has 1 amide bonds. The summed E-state index contributed by atoms with van der Waals surface area (Å²) in [4.78, 5) is 12.0. The molecule has 8 heteroatoms. The number of hydrogen-bond acceptors (Lipinski definition) is 3. The maximum absolute atomic E-state index is 12.8. The molecule has 1 saturated carbocycles. The molecule has 1 aliphatic carbocycles. The van der Waals surface area contributed by atoms with E-state index in [1.54, 1.807) is 4.57 Å². The van der Waals surface area contributed by atoms with E-state index in [0.29, 0.717) is 11.6 Å². The molecule has 0 bridgehead atoms. The van der Waals surface area contributed by atoms with Crippen molar-refractivity contribution in [2.75, 3.05) is 0 Å². The van der Waals surface area contributed by atoms with Gasteiger partial charge in [0.05, 0.1) is 12.5 Å². The Kier molecular flexibility index (Phi) is 4.10. The lowest BCUT2D eigenvalue weighted by atomic mass is 9.97. The first-order valence-corrected chi connectivity index (χ1v) is 7.70. The number of alkyl halides is 3. The Morgan fingerprint density at radius 1 is 1.23 bits per heavy atom. The van der Waals surface area contributed by atoms with Crippen LogP contribution in [0.15, 0.2) is 0 Å². The van der Waals surface area contributed by atoms with Crippen molar-refractivity contribution in [2.45, 2.75) is 57.8 Å². The minimum Gasteiger partial charge on any atom is -0.349 e. The maximum atomic E-state index is 12.8. The Morgan fingerprint density at radius 2 is 1.95 bits per heavy atom. The molecule has 1 aromatic heterocycles. The van der Waals surface area contributed by atoms with Crippen molar-refractivity contribution < 1.29 is 18.0 Å². The van der Waals surface area contributed by atoms with E-state index in [-0.39, 0.29) is 37.8 Å². The molecule has 1 fully saturated rings. The van der Waals surface area contributed by atoms with Gasteiger partial charge in [0.2, 0.25) is 5.91 Å². The van der Waals surface area contributed by atoms with Crippen molar-refractivity contribution in [3.8, 4) is 0 Å². The summed E-state index contributed by atoms with van der Waals surface area (Å²) in [7, 11) is 0. The number of halogens is 3. The van der Waals surface area contributed by atoms with Gasteiger partial charge < -0.3 is 9.88 Å². The summed E-state index contributed by atoms with van der Waals surface area (Å²) in [6, 6.07) is 0. The zero-order chi connectivity index (χ0) is 15.7. The van der Waals surface area contributed by atoms with Crippen LogP contribution in [0.3, 0.4) is 0 Å². The van der Waals surface area contributed by atoms with Crippen LogP contribution in [0.1, 0.15) is 43.8 Å². The van der Waals surface area contributed by atoms with Crippen LogP contribution in [0.2, 0.25) is 0 Å². The molecule has 122 valence electrons. The quantitative estimate of drug-likeness (QED) is 0.930. The van der Waals surface area contributed by atoms with E-state index in [2.05, 4.69) is 15.5 Å². The zero-order valence-electron chi connectivity index (χ0n) is 12.2. The summed E-state index contributed by atoms with van der Waals surface area (Å²) in [6.07, 6.45) is -0.290. The molecule has 0 saturated heterocycles. The Hall–Kier alpha value is -1.60. The second-order valence-corrected chi connectivity index (χ2v) is 6.11. The molecule has 22 heavy (non-hydrogen) atoms. The van der Waals surface area contributed by atoms with E-state index in [9.17, 15) is 18.0 Å². The number of nitrogens with zero attached hydrogens (tertiary/aromatic N) is 3. The first kappa shape index (κ1) is 15.3. The Morgan fingerprint density at radius 3 is 2.64 bits per heavy atom. The second kappa shape index (κ2) is 5.89. The number of carbonyl (C=O) groups is 1. The van der Waals surface area contributed by atoms with Crippen molar-refractivity contribution in [3.05, 3.63) is 11.6 Å². The predicted octanol–water partition coefficient (Wildman–Crippen LogP) is 2.21. The van der Waals surface area contributed by atoms with Crippen LogP contribution < -0.4 is 5.32 Å². The second-order valence-electron chi connectivity index (χ2n) is 6.11. The van der Waals surface area contributed by atoms with E-state index in [1.165, 1.54) is 0 Å². The molecule has 2 heterocycles. The molecule has 2 aliphatic rings. The average molecular weight is 316 g/mol. The summed E-state index contributed by atoms with van der Waals surface area (Å²) < 4.78 is 40.0. The van der Waals surface area contributed by atoms with Crippen LogP contribution in [0.5, 0.6) is 0 Å². The average Bonchev–Trinajstić information content (AvgIpc) is 3.13. The smallest absolute Gasteiger partial charge is 0.349 e. The molecule has 1 unspecified atom stereocenters. The monoisotopic (exact) mass is 316 g/mol. The van der Waals surface area contributed by atoms with Gasteiger partial charge >= 0.3 is 6.18 Å². The Bertz CT molecular complexity index is 549. The number of hydrogen-bond donors (Lipinski definition) is 1. The maximum Gasteiger partial charge on any atom is 0.392 e. The molecule has 0 spiro atoms. The highest BCUT2D eigenvalue weighted by Crippen LogP contribution is 2.34. The highest BCUT2D eigenvalue weighted by atomic mass is 19.4. The largest absolute Gasteiger partial charge is 0.392 e. The van der Waals surface area contributed by atoms with Gasteiger partial charge in [0, 0.05) is 18.9 Å². The molecule has 1 N–H and O–H groups in total. The highest BCUT2D eigenvalue weighted by Gasteiger charge is 2.42. The molecular formula is C14H19F3N4O. The van der Waals surface area contributed by atoms with Gasteiger partial charge in [-0.15, -0.1) is 10.2 Å². The lowest BCUT2D eigenvalue weighted by molar-refractivity contribution is -0.179. The molecule has 0 radical (unpaired) electrons. The fourth-order valence-electron chi connectivity index (χ4n) is 3.30. The summed E-state index contributed by atoms with van der Waals surface area (Å²) in [5.41, 5.74) is 0. The molecule has 1 aromatic rings. The number of rotatable bonds is 3. The molecule has 0 aromatic carbocycles. The Balaban J connectivity index is 1.60. The number of fused-ring (bicyclic) bond motifs is 1. The van der Waals surface area contributed by atoms with Crippen LogP contribution in [-0.4, -0.2) is 26.8 Å². The number of nitrogens with one attached hydrogen (secondary N) is 1. The molecular weight excluding hydrogens is 297 g/mol. The summed E-state index contributed by atoms with van der Waals surface area (Å²) in [5.74, 6) is -0.358. The fraction of sp³-hybridized carbons (Fsp3) is 0.786. The number of aromatic nitrogens is 3. The minimum atomic E-state index is -4.19. The van der Waals surface area contributed by atoms with E-state index in [4.69, 9.17) is 0 Å². The highest BCUT2D eigenvalue weighted by molar-refractivity contribution is 5.78. The third-order valence-corrected chi connectivity index (χ3v) is 4.64. The van der Waals surface area contributed by atoms with Crippen molar-refractivity contribution in [2.24, 2.45) is 11.8 Å². The summed E-state index contributed by atoms with van der Waals surface area (Å²) in [6.45, 7) is 0.486. The Labute approximate surface area is 126 Å². The number of carbonyl (C=O) groups excluding carboxylic acids is 1. The minimum absolute atomic E-state index is 0.0128. The van der Waals surface area contributed by atoms with Gasteiger partial charge in [-0.1, -0.05) is 12.8 Å². The predicted molar refractivity (Wildman–Crippen MR) is 71.7 cm³/mol. The topological polar surface area (TPSA) is 59.8 Å². The van der Waals surface area contributed by atoms with Gasteiger partial charge in [-0.25, -0.2) is 0 Å². The van der Waals surface area contributed by atoms with Gasteiger partial charge in [-0.3, -0.25) is 4.79 Å². The SMILES string of the molecule is O=C(NCc1nnc2n1CCC(C(F)(F)F)C2)C1CCCC1. The third-order valence-electron chi connectivity index (χ3n) is 4.64. The first-order chi connectivity index (χ1) is 10.4. The van der Waals surface area contributed by atoms with Crippen molar-refractivity contribution in [1.82, 2.24) is 20.1 Å². The molecule has 1 aliphatic heterocycles. The normalized spacial score (nSPS) is 22.6. The van der Waals surface area contributed by atoms with Crippen LogP contribution in [0.25, 0.3) is 0 Å². The number of amides is 1. The van der Waals surface area contributed by atoms with Gasteiger partial charge in [0.1, 0.15) is 5.82 Å². The van der Waals surface area contributed by atoms with Gasteiger partial charge in [0.25, 0.3) is 0 Å². The first-order valence-electron chi connectivity index (χ1n) is 7.70. The zero-order valence-corrected chi connectivity index (χ0v) is 12.2. The lowest BCUT2D eigenvalue weighted by Gasteiger charge is -2.25. The van der Waals surface area contributed by atoms with E-state index in [1.807, 2.05) is 0 Å². The fourth-order valence-corrected chi connectivity index (χ4v) is 3.30. The van der Waals surface area contributed by atoms with Crippen molar-refractivity contribution in [1.29, 1.82) is 0 Å². The van der Waals surface area contributed by atoms with Crippen molar-refractivity contribution >= 4 is 5.91 Å². The van der Waals surface area contributed by atoms with Crippen molar-refractivity contribution in [3.63, 3.8) is 0 Å². The molecule has 3 rings (SSSR count). The molecule has 1 atom stereocenters. The van der Waals surface area contributed by atoms with Gasteiger partial charge in [0.15, 0.2) is 5.82 Å². The van der Waals surface area contributed by atoms with E-state index in [0.717, 1.165) is 25.7 Å². The van der Waals surface area contributed by atoms with Crippen LogP contribution in [0, 0.1) is 11.8 Å².